The number of carbonyl (C=O) groups excluding carboxylic acids is 1. The van der Waals surface area contributed by atoms with E-state index in [9.17, 15) is 9.18 Å². The van der Waals surface area contributed by atoms with Crippen LogP contribution in [0.4, 0.5) is 10.1 Å². The second-order valence-corrected chi connectivity index (χ2v) is 6.86. The molecular weight excluding hydrogens is 377 g/mol. The Bertz CT molecular complexity index is 1070. The average Bonchev–Trinajstić information content (AvgIpc) is 3.36. The topological polar surface area (TPSA) is 77.7 Å². The van der Waals surface area contributed by atoms with E-state index in [4.69, 9.17) is 14.0 Å². The lowest BCUT2D eigenvalue weighted by molar-refractivity contribution is -0.117. The minimum Gasteiger partial charge on any atom is -0.493 e. The van der Waals surface area contributed by atoms with Crippen LogP contribution in [0.15, 0.2) is 40.9 Å². The van der Waals surface area contributed by atoms with Gasteiger partial charge in [-0.15, -0.1) is 0 Å². The van der Waals surface area contributed by atoms with Crippen LogP contribution in [-0.2, 0) is 4.79 Å². The first-order valence-corrected chi connectivity index (χ1v) is 9.12. The van der Waals surface area contributed by atoms with Gasteiger partial charge in [0, 0.05) is 24.2 Å². The van der Waals surface area contributed by atoms with Crippen LogP contribution >= 0.6 is 0 Å². The van der Waals surface area contributed by atoms with Gasteiger partial charge in [-0.05, 0) is 48.9 Å². The Hall–Kier alpha value is -3.42. The molecule has 0 bridgehead atoms. The van der Waals surface area contributed by atoms with Crippen LogP contribution < -0.4 is 14.4 Å². The summed E-state index contributed by atoms with van der Waals surface area (Å²) in [5, 5.41) is 4.05. The summed E-state index contributed by atoms with van der Waals surface area (Å²) in [7, 11) is 3.12. The molecule has 1 aliphatic heterocycles. The minimum absolute atomic E-state index is 0.0631. The first-order chi connectivity index (χ1) is 14.0. The van der Waals surface area contributed by atoms with Crippen molar-refractivity contribution in [2.45, 2.75) is 19.3 Å². The summed E-state index contributed by atoms with van der Waals surface area (Å²) >= 11 is 0. The van der Waals surface area contributed by atoms with Crippen LogP contribution in [0.5, 0.6) is 11.5 Å². The summed E-state index contributed by atoms with van der Waals surface area (Å²) in [5.41, 5.74) is 1.87. The molecule has 0 aliphatic carbocycles. The average molecular weight is 397 g/mol. The highest BCUT2D eigenvalue weighted by Gasteiger charge is 2.35. The molecule has 3 aromatic rings. The number of methoxy groups -OCH3 is 2. The van der Waals surface area contributed by atoms with Crippen molar-refractivity contribution in [2.24, 2.45) is 0 Å². The monoisotopic (exact) mass is 397 g/mol. The van der Waals surface area contributed by atoms with Gasteiger partial charge >= 0.3 is 0 Å². The normalized spacial score (nSPS) is 16.3. The fourth-order valence-electron chi connectivity index (χ4n) is 3.41. The number of ether oxygens (including phenoxy) is 2. The van der Waals surface area contributed by atoms with E-state index in [0.717, 1.165) is 0 Å². The van der Waals surface area contributed by atoms with Gasteiger partial charge in [0.15, 0.2) is 11.5 Å². The summed E-state index contributed by atoms with van der Waals surface area (Å²) in [4.78, 5) is 18.6. The molecule has 4 rings (SSSR count). The molecule has 1 saturated heterocycles. The van der Waals surface area contributed by atoms with Crippen molar-refractivity contribution in [1.29, 1.82) is 0 Å². The number of hydrogen-bond acceptors (Lipinski definition) is 6. The zero-order valence-electron chi connectivity index (χ0n) is 16.3. The SMILES string of the molecule is COc1ccc(-c2noc(C3CC(=O)N(c4ccc(F)c(C)c4)C3)n2)cc1OC. The van der Waals surface area contributed by atoms with Crippen LogP contribution in [0.3, 0.4) is 0 Å². The number of nitrogens with zero attached hydrogens (tertiary/aromatic N) is 3. The van der Waals surface area contributed by atoms with Gasteiger partial charge in [0.1, 0.15) is 5.82 Å². The number of halogens is 1. The fraction of sp³-hybridized carbons (Fsp3) is 0.286. The van der Waals surface area contributed by atoms with Crippen LogP contribution in [-0.4, -0.2) is 36.8 Å². The highest BCUT2D eigenvalue weighted by molar-refractivity contribution is 5.96. The number of anilines is 1. The Morgan fingerprint density at radius 3 is 2.66 bits per heavy atom. The van der Waals surface area contributed by atoms with E-state index in [-0.39, 0.29) is 24.1 Å². The maximum absolute atomic E-state index is 13.5. The lowest BCUT2D eigenvalue weighted by Crippen LogP contribution is -2.24. The van der Waals surface area contributed by atoms with Crippen molar-refractivity contribution < 1.29 is 23.2 Å². The van der Waals surface area contributed by atoms with Crippen LogP contribution in [0, 0.1) is 12.7 Å². The second-order valence-electron chi connectivity index (χ2n) is 6.86. The molecule has 29 heavy (non-hydrogen) atoms. The van der Waals surface area contributed by atoms with E-state index >= 15 is 0 Å². The second kappa shape index (κ2) is 7.54. The maximum atomic E-state index is 13.5. The van der Waals surface area contributed by atoms with E-state index in [1.807, 2.05) is 6.07 Å². The Morgan fingerprint density at radius 1 is 1.14 bits per heavy atom. The number of benzene rings is 2. The molecule has 1 amide bonds. The van der Waals surface area contributed by atoms with E-state index in [1.54, 1.807) is 50.3 Å². The Kier molecular flexibility index (Phi) is 4.92. The summed E-state index contributed by atoms with van der Waals surface area (Å²) in [6.45, 7) is 2.07. The Balaban J connectivity index is 1.56. The van der Waals surface area contributed by atoms with Gasteiger partial charge in [-0.25, -0.2) is 4.39 Å². The van der Waals surface area contributed by atoms with E-state index in [0.29, 0.717) is 46.6 Å². The van der Waals surface area contributed by atoms with Gasteiger partial charge in [-0.1, -0.05) is 5.16 Å². The molecular formula is C21H20FN3O4. The third-order valence-electron chi connectivity index (χ3n) is 5.01. The predicted molar refractivity (Wildman–Crippen MR) is 104 cm³/mol. The van der Waals surface area contributed by atoms with Crippen LogP contribution in [0.1, 0.15) is 23.8 Å². The highest BCUT2D eigenvalue weighted by atomic mass is 19.1. The van der Waals surface area contributed by atoms with Gasteiger partial charge in [0.05, 0.1) is 20.1 Å². The molecule has 7 nitrogen and oxygen atoms in total. The quantitative estimate of drug-likeness (QED) is 0.653. The number of amides is 1. The molecule has 0 saturated carbocycles. The zero-order valence-corrected chi connectivity index (χ0v) is 16.3. The van der Waals surface area contributed by atoms with Crippen LogP contribution in [0.2, 0.25) is 0 Å². The zero-order chi connectivity index (χ0) is 20.5. The molecule has 2 heterocycles. The molecule has 2 aromatic carbocycles. The van der Waals surface area contributed by atoms with E-state index < -0.39 is 0 Å². The summed E-state index contributed by atoms with van der Waals surface area (Å²) in [6, 6.07) is 9.98. The smallest absolute Gasteiger partial charge is 0.232 e. The molecule has 0 radical (unpaired) electrons. The van der Waals surface area contributed by atoms with Gasteiger partial charge in [0.2, 0.25) is 17.6 Å². The summed E-state index contributed by atoms with van der Waals surface area (Å²) in [6.07, 6.45) is 0.254. The lowest BCUT2D eigenvalue weighted by atomic mass is 10.1. The Morgan fingerprint density at radius 2 is 1.93 bits per heavy atom. The number of carbonyl (C=O) groups is 1. The van der Waals surface area contributed by atoms with Crippen molar-refractivity contribution in [2.75, 3.05) is 25.7 Å². The van der Waals surface area contributed by atoms with Gasteiger partial charge in [0.25, 0.3) is 0 Å². The first-order valence-electron chi connectivity index (χ1n) is 9.12. The molecule has 1 unspecified atom stereocenters. The van der Waals surface area contributed by atoms with Gasteiger partial charge in [-0.3, -0.25) is 4.79 Å². The van der Waals surface area contributed by atoms with Gasteiger partial charge in [-0.2, -0.15) is 4.98 Å². The fourth-order valence-corrected chi connectivity index (χ4v) is 3.41. The first kappa shape index (κ1) is 18.9. The minimum atomic E-state index is -0.298. The van der Waals surface area contributed by atoms with Crippen molar-refractivity contribution in [3.63, 3.8) is 0 Å². The lowest BCUT2D eigenvalue weighted by Gasteiger charge is -2.16. The molecule has 0 spiro atoms. The van der Waals surface area contributed by atoms with Crippen molar-refractivity contribution in [1.82, 2.24) is 10.1 Å². The summed E-state index contributed by atoms with van der Waals surface area (Å²) < 4.78 is 29.5. The number of aromatic nitrogens is 2. The van der Waals surface area contributed by atoms with Crippen molar-refractivity contribution in [3.05, 3.63) is 53.7 Å². The third kappa shape index (κ3) is 3.53. The highest BCUT2D eigenvalue weighted by Crippen LogP contribution is 2.34. The number of aryl methyl sites for hydroxylation is 1. The van der Waals surface area contributed by atoms with E-state index in [2.05, 4.69) is 10.1 Å². The largest absolute Gasteiger partial charge is 0.493 e. The predicted octanol–water partition coefficient (Wildman–Crippen LogP) is 3.72. The Labute approximate surface area is 167 Å². The third-order valence-corrected chi connectivity index (χ3v) is 5.01. The van der Waals surface area contributed by atoms with Crippen LogP contribution in [0.25, 0.3) is 11.4 Å². The molecule has 1 aromatic heterocycles. The van der Waals surface area contributed by atoms with Gasteiger partial charge < -0.3 is 18.9 Å². The molecule has 1 atom stereocenters. The molecule has 8 heteroatoms. The van der Waals surface area contributed by atoms with E-state index in [1.165, 1.54) is 6.07 Å². The summed E-state index contributed by atoms with van der Waals surface area (Å²) in [5.74, 6) is 1.38. The standard InChI is InChI=1S/C21H20FN3O4/c1-12-8-15(5-6-16(12)22)25-11-14(10-19(25)26)21-23-20(24-29-21)13-4-7-17(27-2)18(9-13)28-3/h4-9,14H,10-11H2,1-3H3. The molecule has 150 valence electrons. The molecule has 1 aliphatic rings. The molecule has 0 N–H and O–H groups in total. The number of hydrogen-bond donors (Lipinski definition) is 0. The van der Waals surface area contributed by atoms with Crippen molar-refractivity contribution in [3.8, 4) is 22.9 Å². The molecule has 1 fully saturated rings. The maximum Gasteiger partial charge on any atom is 0.232 e. The number of rotatable bonds is 5. The van der Waals surface area contributed by atoms with Crippen molar-refractivity contribution >= 4 is 11.6 Å².